The number of carbonyl (C=O) groups is 1. The van der Waals surface area contributed by atoms with E-state index in [4.69, 9.17) is 0 Å². The summed E-state index contributed by atoms with van der Waals surface area (Å²) in [5.41, 5.74) is -1.82. The Labute approximate surface area is 123 Å². The lowest BCUT2D eigenvalue weighted by molar-refractivity contribution is -0.386. The van der Waals surface area contributed by atoms with E-state index in [1.165, 1.54) is 29.5 Å². The molecule has 7 nitrogen and oxygen atoms in total. The summed E-state index contributed by atoms with van der Waals surface area (Å²) >= 11 is 1.42. The van der Waals surface area contributed by atoms with E-state index in [0.29, 0.717) is 6.20 Å². The van der Waals surface area contributed by atoms with E-state index < -0.39 is 34.3 Å². The lowest BCUT2D eigenvalue weighted by Gasteiger charge is -2.12. The molecule has 0 aliphatic heterocycles. The first-order chi connectivity index (χ1) is 9.17. The number of rotatable bonds is 4. The maximum atomic E-state index is 12.2. The van der Waals surface area contributed by atoms with Gasteiger partial charge in [-0.2, -0.15) is 0 Å². The molecule has 0 aliphatic carbocycles. The number of carbonyl (C=O) groups excluding carboxylic acids is 1. The van der Waals surface area contributed by atoms with Crippen LogP contribution in [0.2, 0.25) is 0 Å². The van der Waals surface area contributed by atoms with Crippen LogP contribution >= 0.6 is 22.6 Å². The van der Waals surface area contributed by atoms with Crippen molar-refractivity contribution in [3.8, 4) is 5.75 Å². The summed E-state index contributed by atoms with van der Waals surface area (Å²) in [6.07, 6.45) is -4.54. The molecule has 0 N–H and O–H groups in total. The highest BCUT2D eigenvalue weighted by atomic mass is 127. The fraction of sp³-hybridized carbons (Fsp3) is 0.333. The van der Waals surface area contributed by atoms with E-state index >= 15 is 0 Å². The van der Waals surface area contributed by atoms with E-state index in [0.717, 1.165) is 0 Å². The van der Waals surface area contributed by atoms with Gasteiger partial charge in [0.05, 0.1) is 17.7 Å². The van der Waals surface area contributed by atoms with Crippen LogP contribution in [0.25, 0.3) is 0 Å². The molecule has 11 heteroatoms. The number of pyridine rings is 1. The van der Waals surface area contributed by atoms with E-state index in [2.05, 4.69) is 14.5 Å². The van der Waals surface area contributed by atoms with Crippen molar-refractivity contribution in [3.63, 3.8) is 0 Å². The van der Waals surface area contributed by atoms with E-state index in [-0.39, 0.29) is 10.3 Å². The summed E-state index contributed by atoms with van der Waals surface area (Å²) in [6.45, 7) is 1.24. The number of nitro groups is 1. The van der Waals surface area contributed by atoms with Gasteiger partial charge in [0.15, 0.2) is 15.0 Å². The van der Waals surface area contributed by atoms with Gasteiger partial charge in [0.25, 0.3) is 0 Å². The molecule has 110 valence electrons. The Kier molecular flexibility index (Phi) is 5.08. The Morgan fingerprint density at radius 3 is 2.60 bits per heavy atom. The van der Waals surface area contributed by atoms with Crippen LogP contribution in [0, 0.1) is 13.8 Å². The second-order valence-electron chi connectivity index (χ2n) is 3.16. The standard InChI is InChI=1S/C9H6F3IN2O5/c1-2-19-8(16)5-4(20-9(10,11)12)3-14-7(13)6(5)15(17)18/h3H,2H2,1H3. The van der Waals surface area contributed by atoms with Crippen molar-refractivity contribution in [2.45, 2.75) is 13.3 Å². The number of nitrogens with zero attached hydrogens (tertiary/aromatic N) is 2. The first-order valence-corrected chi connectivity index (χ1v) is 6.01. The number of aromatic nitrogens is 1. The van der Waals surface area contributed by atoms with Gasteiger partial charge >= 0.3 is 18.0 Å². The second kappa shape index (κ2) is 6.19. The van der Waals surface area contributed by atoms with Gasteiger partial charge in [-0.05, 0) is 29.5 Å². The van der Waals surface area contributed by atoms with E-state index in [1.807, 2.05) is 0 Å². The van der Waals surface area contributed by atoms with Crippen LogP contribution in [0.3, 0.4) is 0 Å². The van der Waals surface area contributed by atoms with Crippen molar-refractivity contribution in [2.75, 3.05) is 6.61 Å². The molecule has 0 aliphatic rings. The molecule has 0 fully saturated rings. The molecule has 0 spiro atoms. The third-order valence-electron chi connectivity index (χ3n) is 1.86. The molecule has 0 aromatic carbocycles. The Morgan fingerprint density at radius 2 is 2.15 bits per heavy atom. The first kappa shape index (κ1) is 16.4. The molecular weight excluding hydrogens is 400 g/mol. The molecule has 1 aromatic heterocycles. The molecule has 0 atom stereocenters. The van der Waals surface area contributed by atoms with Crippen molar-refractivity contribution >= 4 is 34.2 Å². The summed E-state index contributed by atoms with van der Waals surface area (Å²) in [5.74, 6) is -2.37. The van der Waals surface area contributed by atoms with Gasteiger partial charge in [-0.1, -0.05) is 0 Å². The van der Waals surface area contributed by atoms with Crippen LogP contribution in [-0.4, -0.2) is 28.8 Å². The normalized spacial score (nSPS) is 11.1. The smallest absolute Gasteiger partial charge is 0.462 e. The third kappa shape index (κ3) is 3.91. The number of hydrogen-bond donors (Lipinski definition) is 0. The fourth-order valence-electron chi connectivity index (χ4n) is 1.23. The Hall–Kier alpha value is -1.66. The van der Waals surface area contributed by atoms with Gasteiger partial charge < -0.3 is 9.47 Å². The summed E-state index contributed by atoms with van der Waals surface area (Å²) in [5, 5.41) is 10.9. The predicted octanol–water partition coefficient (Wildman–Crippen LogP) is 2.67. The molecule has 1 heterocycles. The largest absolute Gasteiger partial charge is 0.573 e. The Bertz CT molecular complexity index is 549. The van der Waals surface area contributed by atoms with Crippen molar-refractivity contribution in [1.82, 2.24) is 4.98 Å². The van der Waals surface area contributed by atoms with Crippen molar-refractivity contribution in [3.05, 3.63) is 25.6 Å². The molecule has 0 saturated carbocycles. The quantitative estimate of drug-likeness (QED) is 0.251. The zero-order valence-corrected chi connectivity index (χ0v) is 11.9. The zero-order chi connectivity index (χ0) is 15.5. The van der Waals surface area contributed by atoms with Gasteiger partial charge in [-0.15, -0.1) is 13.2 Å². The van der Waals surface area contributed by atoms with Gasteiger partial charge in [-0.3, -0.25) is 10.1 Å². The molecule has 0 radical (unpaired) electrons. The van der Waals surface area contributed by atoms with Crippen LogP contribution in [0.1, 0.15) is 17.3 Å². The highest BCUT2D eigenvalue weighted by Crippen LogP contribution is 2.34. The molecule has 20 heavy (non-hydrogen) atoms. The maximum Gasteiger partial charge on any atom is 0.573 e. The number of halogens is 4. The van der Waals surface area contributed by atoms with Gasteiger partial charge in [0, 0.05) is 0 Å². The average Bonchev–Trinajstić information content (AvgIpc) is 2.29. The summed E-state index contributed by atoms with van der Waals surface area (Å²) in [4.78, 5) is 24.9. The predicted molar refractivity (Wildman–Crippen MR) is 66.2 cm³/mol. The number of esters is 1. The van der Waals surface area contributed by atoms with E-state index in [9.17, 15) is 28.1 Å². The summed E-state index contributed by atoms with van der Waals surface area (Å²) in [6, 6.07) is 0. The molecule has 1 aromatic rings. The number of hydrogen-bond acceptors (Lipinski definition) is 6. The van der Waals surface area contributed by atoms with Crippen LogP contribution in [0.4, 0.5) is 18.9 Å². The van der Waals surface area contributed by atoms with Crippen LogP contribution in [0.5, 0.6) is 5.75 Å². The summed E-state index contributed by atoms with van der Waals surface area (Å²) < 4.78 is 44.5. The average molecular weight is 406 g/mol. The van der Waals surface area contributed by atoms with E-state index in [1.54, 1.807) is 0 Å². The van der Waals surface area contributed by atoms with Crippen LogP contribution in [-0.2, 0) is 4.74 Å². The van der Waals surface area contributed by atoms with Gasteiger partial charge in [0.2, 0.25) is 0 Å². The second-order valence-corrected chi connectivity index (χ2v) is 4.18. The topological polar surface area (TPSA) is 91.6 Å². The Balaban J connectivity index is 3.48. The van der Waals surface area contributed by atoms with Gasteiger partial charge in [0.1, 0.15) is 0 Å². The highest BCUT2D eigenvalue weighted by molar-refractivity contribution is 14.1. The SMILES string of the molecule is CCOC(=O)c1c(OC(F)(F)F)cnc(I)c1[N+](=O)[O-]. The fourth-order valence-corrected chi connectivity index (χ4v) is 1.84. The summed E-state index contributed by atoms with van der Waals surface area (Å²) in [7, 11) is 0. The Morgan fingerprint density at radius 1 is 1.55 bits per heavy atom. The third-order valence-corrected chi connectivity index (χ3v) is 2.65. The molecular formula is C9H6F3IN2O5. The molecule has 0 saturated heterocycles. The van der Waals surface area contributed by atoms with Crippen LogP contribution < -0.4 is 4.74 Å². The van der Waals surface area contributed by atoms with Crippen molar-refractivity contribution < 1.29 is 32.4 Å². The minimum absolute atomic E-state index is 0.166. The molecule has 1 rings (SSSR count). The lowest BCUT2D eigenvalue weighted by atomic mass is 10.2. The monoisotopic (exact) mass is 406 g/mol. The maximum absolute atomic E-state index is 12.2. The van der Waals surface area contributed by atoms with Gasteiger partial charge in [-0.25, -0.2) is 9.78 Å². The minimum atomic E-state index is -5.12. The highest BCUT2D eigenvalue weighted by Gasteiger charge is 2.38. The van der Waals surface area contributed by atoms with Crippen molar-refractivity contribution in [1.29, 1.82) is 0 Å². The van der Waals surface area contributed by atoms with Crippen molar-refractivity contribution in [2.24, 2.45) is 0 Å². The molecule has 0 bridgehead atoms. The number of alkyl halides is 3. The first-order valence-electron chi connectivity index (χ1n) is 4.93. The number of ether oxygens (including phenoxy) is 2. The lowest BCUT2D eigenvalue weighted by Crippen LogP contribution is -2.21. The molecule has 0 unspecified atom stereocenters. The molecule has 0 amide bonds. The van der Waals surface area contributed by atoms with Crippen LogP contribution in [0.15, 0.2) is 6.20 Å². The minimum Gasteiger partial charge on any atom is -0.462 e. The zero-order valence-electron chi connectivity index (χ0n) is 9.73.